The second-order valence-corrected chi connectivity index (χ2v) is 7.63. The average molecular weight is 371 g/mol. The summed E-state index contributed by atoms with van der Waals surface area (Å²) < 4.78 is 39.5. The first kappa shape index (κ1) is 16.5. The van der Waals surface area contributed by atoms with Crippen LogP contribution >= 0.6 is 0 Å². The lowest BCUT2D eigenvalue weighted by Gasteiger charge is -2.12. The van der Waals surface area contributed by atoms with E-state index in [2.05, 4.69) is 14.9 Å². The van der Waals surface area contributed by atoms with Gasteiger partial charge in [0.2, 0.25) is 0 Å². The Bertz CT molecular complexity index is 1220. The van der Waals surface area contributed by atoms with Crippen LogP contribution in [0.2, 0.25) is 0 Å². The molecule has 0 aliphatic rings. The lowest BCUT2D eigenvalue weighted by atomic mass is 10.1. The summed E-state index contributed by atoms with van der Waals surface area (Å²) in [5.41, 5.74) is 2.48. The quantitative estimate of drug-likeness (QED) is 0.570. The Morgan fingerprint density at radius 3 is 2.58 bits per heavy atom. The van der Waals surface area contributed by atoms with Gasteiger partial charge in [-0.1, -0.05) is 18.2 Å². The zero-order valence-corrected chi connectivity index (χ0v) is 15.3. The number of fused-ring (bicyclic) bond motifs is 3. The minimum atomic E-state index is -3.83. The second kappa shape index (κ2) is 5.77. The van der Waals surface area contributed by atoms with Gasteiger partial charge in [0.25, 0.3) is 10.0 Å². The highest BCUT2D eigenvalue weighted by molar-refractivity contribution is 7.92. The number of methoxy groups -OCH3 is 1. The molecule has 2 aromatic carbocycles. The summed E-state index contributed by atoms with van der Waals surface area (Å²) in [7, 11) is -2.33. The smallest absolute Gasteiger partial charge is 0.265 e. The fraction of sp³-hybridized carbons (Fsp3) is 0.167. The number of benzene rings is 2. The van der Waals surface area contributed by atoms with Gasteiger partial charge >= 0.3 is 0 Å². The van der Waals surface area contributed by atoms with E-state index in [4.69, 9.17) is 9.15 Å². The molecule has 2 aromatic heterocycles. The number of sulfonamides is 1. The summed E-state index contributed by atoms with van der Waals surface area (Å²) in [5, 5.41) is 8.44. The summed E-state index contributed by atoms with van der Waals surface area (Å²) in [6, 6.07) is 11.0. The number of para-hydroxylation sites is 1. The van der Waals surface area contributed by atoms with E-state index in [0.29, 0.717) is 28.4 Å². The maximum atomic E-state index is 12.8. The summed E-state index contributed by atoms with van der Waals surface area (Å²) in [6.07, 6.45) is 0. The van der Waals surface area contributed by atoms with E-state index in [0.717, 1.165) is 16.4 Å². The van der Waals surface area contributed by atoms with Gasteiger partial charge in [0, 0.05) is 16.8 Å². The molecule has 134 valence electrons. The molecule has 0 radical (unpaired) electrons. The molecule has 0 saturated carbocycles. The predicted octanol–water partition coefficient (Wildman–Crippen LogP) is 3.74. The Morgan fingerprint density at radius 1 is 1.12 bits per heavy atom. The normalized spacial score (nSPS) is 12.0. The maximum Gasteiger partial charge on any atom is 0.265 e. The van der Waals surface area contributed by atoms with Crippen molar-refractivity contribution in [1.29, 1.82) is 0 Å². The zero-order valence-electron chi connectivity index (χ0n) is 14.5. The van der Waals surface area contributed by atoms with E-state index >= 15 is 0 Å². The Labute approximate surface area is 150 Å². The third-order valence-electron chi connectivity index (χ3n) is 4.27. The fourth-order valence-electron chi connectivity index (χ4n) is 3.13. The number of hydrogen-bond acceptors (Lipinski definition) is 5. The molecular weight excluding hydrogens is 354 g/mol. The van der Waals surface area contributed by atoms with Crippen molar-refractivity contribution in [1.82, 2.24) is 10.2 Å². The predicted molar refractivity (Wildman–Crippen MR) is 99.1 cm³/mol. The van der Waals surface area contributed by atoms with Crippen molar-refractivity contribution in [2.75, 3.05) is 11.8 Å². The topological polar surface area (TPSA) is 97.2 Å². The van der Waals surface area contributed by atoms with E-state index in [1.54, 1.807) is 26.0 Å². The number of hydrogen-bond donors (Lipinski definition) is 2. The molecule has 2 N–H and O–H groups in total. The summed E-state index contributed by atoms with van der Waals surface area (Å²) in [5.74, 6) is 0.409. The fourth-order valence-corrected chi connectivity index (χ4v) is 4.57. The average Bonchev–Trinajstić information content (AvgIpc) is 3.13. The lowest BCUT2D eigenvalue weighted by molar-refractivity contribution is 0.417. The van der Waals surface area contributed by atoms with Gasteiger partial charge in [0.15, 0.2) is 0 Å². The number of nitrogens with zero attached hydrogens (tertiary/aromatic N) is 1. The SMILES string of the molecule is COc1cc2c(cc1NS(=O)(=O)c1c(C)n[nH]c1C)oc1ccccc12. The van der Waals surface area contributed by atoms with Gasteiger partial charge in [0.05, 0.1) is 24.2 Å². The van der Waals surface area contributed by atoms with Crippen LogP contribution in [0.4, 0.5) is 5.69 Å². The van der Waals surface area contributed by atoms with Gasteiger partial charge in [-0.05, 0) is 26.0 Å². The minimum Gasteiger partial charge on any atom is -0.495 e. The van der Waals surface area contributed by atoms with Crippen LogP contribution in [0, 0.1) is 13.8 Å². The minimum absolute atomic E-state index is 0.129. The number of H-pyrrole nitrogens is 1. The van der Waals surface area contributed by atoms with Crippen LogP contribution in [0.1, 0.15) is 11.4 Å². The number of aromatic nitrogens is 2. The van der Waals surface area contributed by atoms with Crippen LogP contribution < -0.4 is 9.46 Å². The van der Waals surface area contributed by atoms with Crippen LogP contribution in [0.25, 0.3) is 21.9 Å². The molecule has 2 heterocycles. The molecule has 7 nitrogen and oxygen atoms in total. The molecular formula is C18H17N3O4S. The van der Waals surface area contributed by atoms with Gasteiger partial charge in [0.1, 0.15) is 21.8 Å². The molecule has 4 rings (SSSR count). The van der Waals surface area contributed by atoms with Crippen molar-refractivity contribution in [2.45, 2.75) is 18.7 Å². The summed E-state index contributed by atoms with van der Waals surface area (Å²) in [6.45, 7) is 3.30. The number of aromatic amines is 1. The van der Waals surface area contributed by atoms with Gasteiger partial charge in [-0.25, -0.2) is 8.42 Å². The third kappa shape index (κ3) is 2.50. The van der Waals surface area contributed by atoms with Crippen molar-refractivity contribution in [3.8, 4) is 5.75 Å². The number of ether oxygens (including phenoxy) is 1. The molecule has 0 unspecified atom stereocenters. The molecule has 4 aromatic rings. The van der Waals surface area contributed by atoms with Crippen LogP contribution in [0.5, 0.6) is 5.75 Å². The van der Waals surface area contributed by atoms with Crippen molar-refractivity contribution < 1.29 is 17.6 Å². The number of furan rings is 1. The maximum absolute atomic E-state index is 12.8. The Hall–Kier alpha value is -3.00. The van der Waals surface area contributed by atoms with Crippen LogP contribution in [0.15, 0.2) is 45.7 Å². The van der Waals surface area contributed by atoms with Gasteiger partial charge < -0.3 is 9.15 Å². The van der Waals surface area contributed by atoms with Crippen LogP contribution in [-0.2, 0) is 10.0 Å². The Balaban J connectivity index is 1.87. The van der Waals surface area contributed by atoms with Gasteiger partial charge in [-0.3, -0.25) is 9.82 Å². The molecule has 0 fully saturated rings. The van der Waals surface area contributed by atoms with E-state index < -0.39 is 10.0 Å². The molecule has 0 atom stereocenters. The first-order chi connectivity index (χ1) is 12.4. The van der Waals surface area contributed by atoms with Gasteiger partial charge in [-0.2, -0.15) is 5.10 Å². The number of nitrogens with one attached hydrogen (secondary N) is 2. The van der Waals surface area contributed by atoms with Crippen molar-refractivity contribution in [3.63, 3.8) is 0 Å². The van der Waals surface area contributed by atoms with Crippen molar-refractivity contribution in [2.24, 2.45) is 0 Å². The third-order valence-corrected chi connectivity index (χ3v) is 5.90. The molecule has 0 aliphatic carbocycles. The number of anilines is 1. The molecule has 26 heavy (non-hydrogen) atoms. The molecule has 8 heteroatoms. The Morgan fingerprint density at radius 2 is 1.88 bits per heavy atom. The first-order valence-corrected chi connectivity index (χ1v) is 9.42. The highest BCUT2D eigenvalue weighted by atomic mass is 32.2. The van der Waals surface area contributed by atoms with Gasteiger partial charge in [-0.15, -0.1) is 0 Å². The molecule has 0 spiro atoms. The first-order valence-electron chi connectivity index (χ1n) is 7.94. The second-order valence-electron chi connectivity index (χ2n) is 6.02. The molecule has 0 amide bonds. The lowest BCUT2D eigenvalue weighted by Crippen LogP contribution is -2.15. The zero-order chi connectivity index (χ0) is 18.5. The summed E-state index contributed by atoms with van der Waals surface area (Å²) >= 11 is 0. The van der Waals surface area contributed by atoms with E-state index in [-0.39, 0.29) is 4.90 Å². The Kier molecular flexibility index (Phi) is 3.66. The molecule has 0 aliphatic heterocycles. The number of aryl methyl sites for hydroxylation is 2. The van der Waals surface area contributed by atoms with Crippen molar-refractivity contribution >= 4 is 37.6 Å². The van der Waals surface area contributed by atoms with E-state index in [1.165, 1.54) is 7.11 Å². The molecule has 0 bridgehead atoms. The monoisotopic (exact) mass is 371 g/mol. The highest BCUT2D eigenvalue weighted by Crippen LogP contribution is 2.37. The van der Waals surface area contributed by atoms with E-state index in [1.807, 2.05) is 24.3 Å². The molecule has 0 saturated heterocycles. The van der Waals surface area contributed by atoms with E-state index in [9.17, 15) is 8.42 Å². The van der Waals surface area contributed by atoms with Crippen LogP contribution in [-0.4, -0.2) is 25.7 Å². The number of rotatable bonds is 4. The largest absolute Gasteiger partial charge is 0.495 e. The van der Waals surface area contributed by atoms with Crippen molar-refractivity contribution in [3.05, 3.63) is 47.8 Å². The highest BCUT2D eigenvalue weighted by Gasteiger charge is 2.24. The standard InChI is InChI=1S/C18H17N3O4S/c1-10-18(11(2)20-19-10)26(22,23)21-14-9-16-13(8-17(14)24-3)12-6-4-5-7-15(12)25-16/h4-9,21H,1-3H3,(H,19,20). The van der Waals surface area contributed by atoms with Crippen LogP contribution in [0.3, 0.4) is 0 Å². The summed E-state index contributed by atoms with van der Waals surface area (Å²) in [4.78, 5) is 0.129.